The van der Waals surface area contributed by atoms with Crippen molar-refractivity contribution in [1.82, 2.24) is 20.2 Å². The van der Waals surface area contributed by atoms with Crippen LogP contribution in [0.5, 0.6) is 0 Å². The van der Waals surface area contributed by atoms with Crippen LogP contribution in [0.15, 0.2) is 54.6 Å². The summed E-state index contributed by atoms with van der Waals surface area (Å²) in [5.74, 6) is -0.254. The first-order valence-corrected chi connectivity index (χ1v) is 6.39. The number of carboxylic acids is 1. The molecule has 0 atom stereocenters. The van der Waals surface area contributed by atoms with Crippen LogP contribution in [0, 0.1) is 0 Å². The molecule has 21 heavy (non-hydrogen) atoms. The van der Waals surface area contributed by atoms with E-state index < -0.39 is 5.97 Å². The lowest BCUT2D eigenvalue weighted by Gasteiger charge is -2.06. The zero-order chi connectivity index (χ0) is 14.7. The maximum Gasteiger partial charge on any atom is 0.307 e. The molecule has 0 unspecified atom stereocenters. The van der Waals surface area contributed by atoms with Crippen LogP contribution in [0.3, 0.4) is 0 Å². The standard InChI is InChI=1S/C15H12N4O2/c20-14(21)10-11-5-4-8-13(9-11)19-15(16-17-18-19)12-6-2-1-3-7-12/h1-9H,10H2,(H,20,21). The molecule has 0 saturated heterocycles. The summed E-state index contributed by atoms with van der Waals surface area (Å²) in [5, 5.41) is 20.6. The average Bonchev–Trinajstić information content (AvgIpc) is 2.97. The molecule has 0 fully saturated rings. The molecular formula is C15H12N4O2. The molecule has 0 radical (unpaired) electrons. The van der Waals surface area contributed by atoms with E-state index in [0.29, 0.717) is 11.4 Å². The Morgan fingerprint density at radius 1 is 1.10 bits per heavy atom. The van der Waals surface area contributed by atoms with Crippen LogP contribution in [-0.2, 0) is 11.2 Å². The van der Waals surface area contributed by atoms with Crippen LogP contribution >= 0.6 is 0 Å². The number of carboxylic acid groups (broad SMARTS) is 1. The van der Waals surface area contributed by atoms with Crippen molar-refractivity contribution in [2.45, 2.75) is 6.42 Å². The molecule has 0 aliphatic rings. The van der Waals surface area contributed by atoms with Crippen LogP contribution in [-0.4, -0.2) is 31.3 Å². The summed E-state index contributed by atoms with van der Waals surface area (Å²) in [6.45, 7) is 0. The van der Waals surface area contributed by atoms with Crippen molar-refractivity contribution in [2.24, 2.45) is 0 Å². The van der Waals surface area contributed by atoms with Crippen LogP contribution in [0.1, 0.15) is 5.56 Å². The fraction of sp³-hybridized carbons (Fsp3) is 0.0667. The molecule has 3 aromatic rings. The number of nitrogens with zero attached hydrogens (tertiary/aromatic N) is 4. The van der Waals surface area contributed by atoms with Gasteiger partial charge < -0.3 is 5.11 Å². The van der Waals surface area contributed by atoms with Gasteiger partial charge in [-0.15, -0.1) is 5.10 Å². The summed E-state index contributed by atoms with van der Waals surface area (Å²) in [5.41, 5.74) is 2.33. The average molecular weight is 280 g/mol. The van der Waals surface area contributed by atoms with E-state index in [4.69, 9.17) is 5.11 Å². The molecule has 0 saturated carbocycles. The van der Waals surface area contributed by atoms with Gasteiger partial charge >= 0.3 is 5.97 Å². The van der Waals surface area contributed by atoms with E-state index in [-0.39, 0.29) is 6.42 Å². The first kappa shape index (κ1) is 13.0. The highest BCUT2D eigenvalue weighted by Crippen LogP contribution is 2.19. The van der Waals surface area contributed by atoms with Crippen molar-refractivity contribution in [1.29, 1.82) is 0 Å². The zero-order valence-corrected chi connectivity index (χ0v) is 11.0. The van der Waals surface area contributed by atoms with Crippen molar-refractivity contribution in [3.8, 4) is 17.1 Å². The first-order chi connectivity index (χ1) is 10.2. The Morgan fingerprint density at radius 3 is 2.67 bits per heavy atom. The Bertz CT molecular complexity index is 768. The molecule has 1 heterocycles. The highest BCUT2D eigenvalue weighted by atomic mass is 16.4. The van der Waals surface area contributed by atoms with E-state index in [0.717, 1.165) is 11.3 Å². The highest BCUT2D eigenvalue weighted by Gasteiger charge is 2.11. The number of tetrazole rings is 1. The number of hydrogen-bond donors (Lipinski definition) is 1. The van der Waals surface area contributed by atoms with Crippen molar-refractivity contribution in [3.63, 3.8) is 0 Å². The second-order valence-electron chi connectivity index (χ2n) is 4.52. The minimum Gasteiger partial charge on any atom is -0.481 e. The first-order valence-electron chi connectivity index (χ1n) is 6.39. The Labute approximate surface area is 120 Å². The highest BCUT2D eigenvalue weighted by molar-refractivity contribution is 5.70. The monoisotopic (exact) mass is 280 g/mol. The second kappa shape index (κ2) is 5.54. The van der Waals surface area contributed by atoms with Crippen molar-refractivity contribution in [3.05, 3.63) is 60.2 Å². The maximum atomic E-state index is 10.8. The number of hydrogen-bond acceptors (Lipinski definition) is 4. The number of aromatic nitrogens is 4. The van der Waals surface area contributed by atoms with Crippen LogP contribution in [0.2, 0.25) is 0 Å². The second-order valence-corrected chi connectivity index (χ2v) is 4.52. The van der Waals surface area contributed by atoms with Crippen LogP contribution < -0.4 is 0 Å². The lowest BCUT2D eigenvalue weighted by atomic mass is 10.1. The molecule has 2 aromatic carbocycles. The van der Waals surface area contributed by atoms with Crippen molar-refractivity contribution < 1.29 is 9.90 Å². The van der Waals surface area contributed by atoms with E-state index in [2.05, 4.69) is 15.5 Å². The lowest BCUT2D eigenvalue weighted by molar-refractivity contribution is -0.136. The normalized spacial score (nSPS) is 10.5. The van der Waals surface area contributed by atoms with Gasteiger partial charge in [0.1, 0.15) is 0 Å². The van der Waals surface area contributed by atoms with E-state index in [1.807, 2.05) is 36.4 Å². The predicted molar refractivity (Wildman–Crippen MR) is 75.9 cm³/mol. The topological polar surface area (TPSA) is 80.9 Å². The molecule has 0 aliphatic heterocycles. The maximum absolute atomic E-state index is 10.8. The van der Waals surface area contributed by atoms with Gasteiger partial charge in [0.25, 0.3) is 0 Å². The molecule has 6 nitrogen and oxygen atoms in total. The molecule has 0 bridgehead atoms. The van der Waals surface area contributed by atoms with Gasteiger partial charge in [-0.1, -0.05) is 42.5 Å². The summed E-state index contributed by atoms with van der Waals surface area (Å²) in [7, 11) is 0. The minimum absolute atomic E-state index is 0.0311. The smallest absolute Gasteiger partial charge is 0.307 e. The predicted octanol–water partition coefficient (Wildman–Crippen LogP) is 1.96. The molecule has 0 spiro atoms. The molecule has 0 aliphatic carbocycles. The lowest BCUT2D eigenvalue weighted by Crippen LogP contribution is -2.03. The third-order valence-corrected chi connectivity index (χ3v) is 3.01. The fourth-order valence-corrected chi connectivity index (χ4v) is 2.10. The Kier molecular flexibility index (Phi) is 3.42. The Morgan fingerprint density at radius 2 is 1.90 bits per heavy atom. The van der Waals surface area contributed by atoms with E-state index in [1.54, 1.807) is 22.9 Å². The Balaban J connectivity index is 2.02. The van der Waals surface area contributed by atoms with E-state index in [1.165, 1.54) is 0 Å². The fourth-order valence-electron chi connectivity index (χ4n) is 2.10. The van der Waals surface area contributed by atoms with Gasteiger partial charge in [-0.05, 0) is 28.1 Å². The summed E-state index contributed by atoms with van der Waals surface area (Å²) in [4.78, 5) is 10.8. The third kappa shape index (κ3) is 2.79. The molecule has 104 valence electrons. The quantitative estimate of drug-likeness (QED) is 0.790. The van der Waals surface area contributed by atoms with Gasteiger partial charge in [-0.25, -0.2) is 0 Å². The molecule has 1 aromatic heterocycles. The van der Waals surface area contributed by atoms with Crippen molar-refractivity contribution in [2.75, 3.05) is 0 Å². The SMILES string of the molecule is O=C(O)Cc1cccc(-n2nnnc2-c2ccccc2)c1. The number of rotatable bonds is 4. The van der Waals surface area contributed by atoms with Crippen molar-refractivity contribution >= 4 is 5.97 Å². The van der Waals surface area contributed by atoms with Gasteiger partial charge in [0.15, 0.2) is 5.82 Å². The largest absolute Gasteiger partial charge is 0.481 e. The van der Waals surface area contributed by atoms with Crippen LogP contribution in [0.4, 0.5) is 0 Å². The zero-order valence-electron chi connectivity index (χ0n) is 11.0. The van der Waals surface area contributed by atoms with E-state index in [9.17, 15) is 4.79 Å². The molecule has 0 amide bonds. The molecule has 1 N–H and O–H groups in total. The minimum atomic E-state index is -0.868. The number of carbonyl (C=O) groups is 1. The van der Waals surface area contributed by atoms with Gasteiger partial charge in [0, 0.05) is 5.56 Å². The Hall–Kier alpha value is -3.02. The number of benzene rings is 2. The summed E-state index contributed by atoms with van der Waals surface area (Å²) in [6, 6.07) is 16.8. The molecular weight excluding hydrogens is 268 g/mol. The summed E-state index contributed by atoms with van der Waals surface area (Å²) < 4.78 is 1.60. The summed E-state index contributed by atoms with van der Waals surface area (Å²) >= 11 is 0. The van der Waals surface area contributed by atoms with Gasteiger partial charge in [0.2, 0.25) is 0 Å². The summed E-state index contributed by atoms with van der Waals surface area (Å²) in [6.07, 6.45) is -0.0311. The van der Waals surface area contributed by atoms with Gasteiger partial charge in [-0.3, -0.25) is 4.79 Å². The molecule has 6 heteroatoms. The van der Waals surface area contributed by atoms with Gasteiger partial charge in [0.05, 0.1) is 12.1 Å². The van der Waals surface area contributed by atoms with Gasteiger partial charge in [-0.2, -0.15) is 4.68 Å². The number of aliphatic carboxylic acids is 1. The third-order valence-electron chi connectivity index (χ3n) is 3.01. The van der Waals surface area contributed by atoms with Crippen LogP contribution in [0.25, 0.3) is 17.1 Å². The van der Waals surface area contributed by atoms with E-state index >= 15 is 0 Å². The molecule has 3 rings (SSSR count).